The summed E-state index contributed by atoms with van der Waals surface area (Å²) in [6.07, 6.45) is 3.91. The molecule has 18 heavy (non-hydrogen) atoms. The van der Waals surface area contributed by atoms with Crippen molar-refractivity contribution in [1.82, 2.24) is 4.90 Å². The molecular formula is C16H11NO. The van der Waals surface area contributed by atoms with Gasteiger partial charge in [-0.15, -0.1) is 0 Å². The third-order valence-electron chi connectivity index (χ3n) is 3.70. The van der Waals surface area contributed by atoms with Crippen LogP contribution in [0.25, 0.3) is 6.08 Å². The Kier molecular flexibility index (Phi) is 1.78. The van der Waals surface area contributed by atoms with E-state index in [2.05, 4.69) is 12.1 Å². The van der Waals surface area contributed by atoms with E-state index in [0.29, 0.717) is 0 Å². The molecule has 0 radical (unpaired) electrons. The Balaban J connectivity index is 2.01. The summed E-state index contributed by atoms with van der Waals surface area (Å²) in [7, 11) is 0. The number of benzene rings is 2. The van der Waals surface area contributed by atoms with E-state index < -0.39 is 0 Å². The molecule has 4 rings (SSSR count). The van der Waals surface area contributed by atoms with Gasteiger partial charge in [-0.05, 0) is 28.8 Å². The van der Waals surface area contributed by atoms with Gasteiger partial charge < -0.3 is 4.90 Å². The van der Waals surface area contributed by atoms with Crippen molar-refractivity contribution in [3.63, 3.8) is 0 Å². The molecule has 2 aliphatic heterocycles. The minimum absolute atomic E-state index is 0.0508. The highest BCUT2D eigenvalue weighted by Crippen LogP contribution is 2.42. The van der Waals surface area contributed by atoms with Gasteiger partial charge in [-0.2, -0.15) is 0 Å². The predicted octanol–water partition coefficient (Wildman–Crippen LogP) is 3.22. The van der Waals surface area contributed by atoms with E-state index >= 15 is 0 Å². The molecule has 2 heteroatoms. The van der Waals surface area contributed by atoms with Crippen LogP contribution < -0.4 is 0 Å². The smallest absolute Gasteiger partial charge is 0.259 e. The van der Waals surface area contributed by atoms with Crippen molar-refractivity contribution in [2.45, 2.75) is 6.04 Å². The van der Waals surface area contributed by atoms with Crippen molar-refractivity contribution in [1.29, 1.82) is 0 Å². The van der Waals surface area contributed by atoms with E-state index in [1.165, 1.54) is 11.1 Å². The summed E-state index contributed by atoms with van der Waals surface area (Å²) in [6.45, 7) is 0. The molecule has 0 saturated heterocycles. The Morgan fingerprint density at radius 3 is 2.50 bits per heavy atom. The fourth-order valence-electron chi connectivity index (χ4n) is 2.88. The molecule has 0 aromatic heterocycles. The molecule has 0 N–H and O–H groups in total. The van der Waals surface area contributed by atoms with E-state index in [1.54, 1.807) is 0 Å². The van der Waals surface area contributed by atoms with Crippen LogP contribution >= 0.6 is 0 Å². The minimum atomic E-state index is 0.0508. The van der Waals surface area contributed by atoms with Gasteiger partial charge in [-0.1, -0.05) is 42.5 Å². The van der Waals surface area contributed by atoms with E-state index in [4.69, 9.17) is 0 Å². The van der Waals surface area contributed by atoms with Crippen molar-refractivity contribution in [3.05, 3.63) is 77.0 Å². The molecule has 1 unspecified atom stereocenters. The number of carbonyl (C=O) groups excluding carboxylic acids is 1. The highest BCUT2D eigenvalue weighted by atomic mass is 16.2. The lowest BCUT2D eigenvalue weighted by Gasteiger charge is -2.27. The molecule has 1 atom stereocenters. The van der Waals surface area contributed by atoms with Crippen LogP contribution in [0.4, 0.5) is 0 Å². The highest BCUT2D eigenvalue weighted by molar-refractivity contribution is 6.01. The molecule has 86 valence electrons. The zero-order chi connectivity index (χ0) is 12.1. The van der Waals surface area contributed by atoms with Gasteiger partial charge in [0.1, 0.15) is 0 Å². The Morgan fingerprint density at radius 2 is 1.61 bits per heavy atom. The summed E-state index contributed by atoms with van der Waals surface area (Å²) in [5.41, 5.74) is 4.34. The molecule has 0 fully saturated rings. The third kappa shape index (κ3) is 1.10. The van der Waals surface area contributed by atoms with Crippen LogP contribution in [0.2, 0.25) is 0 Å². The molecule has 0 bridgehead atoms. The van der Waals surface area contributed by atoms with Crippen LogP contribution in [0.1, 0.15) is 33.1 Å². The summed E-state index contributed by atoms with van der Waals surface area (Å²) in [4.78, 5) is 14.1. The van der Waals surface area contributed by atoms with Crippen LogP contribution in [-0.2, 0) is 0 Å². The number of amides is 1. The molecule has 0 saturated carbocycles. The normalized spacial score (nSPS) is 19.4. The van der Waals surface area contributed by atoms with Gasteiger partial charge >= 0.3 is 0 Å². The maximum atomic E-state index is 12.3. The average Bonchev–Trinajstić information content (AvgIpc) is 2.73. The maximum Gasteiger partial charge on any atom is 0.259 e. The summed E-state index contributed by atoms with van der Waals surface area (Å²) in [5.74, 6) is 0.0985. The Morgan fingerprint density at radius 1 is 0.889 bits per heavy atom. The summed E-state index contributed by atoms with van der Waals surface area (Å²) < 4.78 is 0. The zero-order valence-electron chi connectivity index (χ0n) is 9.71. The molecule has 1 amide bonds. The second kappa shape index (κ2) is 3.33. The summed E-state index contributed by atoms with van der Waals surface area (Å²) in [6, 6.07) is 16.2. The Hall–Kier alpha value is -2.35. The number of fused-ring (bicyclic) bond motifs is 5. The van der Waals surface area contributed by atoms with Crippen LogP contribution in [-0.4, -0.2) is 10.8 Å². The number of carbonyl (C=O) groups is 1. The van der Waals surface area contributed by atoms with Gasteiger partial charge in [-0.25, -0.2) is 0 Å². The van der Waals surface area contributed by atoms with Gasteiger partial charge in [-0.3, -0.25) is 4.79 Å². The van der Waals surface area contributed by atoms with Crippen LogP contribution in [0, 0.1) is 0 Å². The van der Waals surface area contributed by atoms with Gasteiger partial charge in [0.2, 0.25) is 0 Å². The molecular weight excluding hydrogens is 222 g/mol. The van der Waals surface area contributed by atoms with Crippen molar-refractivity contribution in [2.75, 3.05) is 0 Å². The van der Waals surface area contributed by atoms with Gasteiger partial charge in [0.05, 0.1) is 6.04 Å². The topological polar surface area (TPSA) is 20.3 Å². The largest absolute Gasteiger partial charge is 0.303 e. The summed E-state index contributed by atoms with van der Waals surface area (Å²) >= 11 is 0. The quantitative estimate of drug-likeness (QED) is 0.684. The molecule has 2 heterocycles. The van der Waals surface area contributed by atoms with Crippen molar-refractivity contribution in [2.24, 2.45) is 0 Å². The average molecular weight is 233 g/mol. The standard InChI is InChI=1S/C16H11NO/c18-16-14-8-4-3-7-13(14)15-12-6-2-1-5-11(12)9-10-17(15)16/h1-10,15H. The van der Waals surface area contributed by atoms with Crippen LogP contribution in [0.15, 0.2) is 54.7 Å². The molecule has 2 aromatic carbocycles. The molecule has 0 spiro atoms. The minimum Gasteiger partial charge on any atom is -0.303 e. The Labute approximate surface area is 105 Å². The van der Waals surface area contributed by atoms with E-state index in [0.717, 1.165) is 11.1 Å². The first-order valence-corrected chi connectivity index (χ1v) is 6.05. The van der Waals surface area contributed by atoms with Crippen LogP contribution in [0.5, 0.6) is 0 Å². The van der Waals surface area contributed by atoms with E-state index in [9.17, 15) is 4.79 Å². The zero-order valence-corrected chi connectivity index (χ0v) is 9.71. The summed E-state index contributed by atoms with van der Waals surface area (Å²) in [5, 5.41) is 0. The molecule has 0 aliphatic carbocycles. The lowest BCUT2D eigenvalue weighted by Crippen LogP contribution is -2.25. The van der Waals surface area contributed by atoms with Crippen molar-refractivity contribution in [3.8, 4) is 0 Å². The fourth-order valence-corrected chi connectivity index (χ4v) is 2.88. The molecule has 2 aromatic rings. The second-order valence-corrected chi connectivity index (χ2v) is 4.65. The first-order valence-electron chi connectivity index (χ1n) is 6.05. The van der Waals surface area contributed by atoms with E-state index in [1.807, 2.05) is 53.6 Å². The van der Waals surface area contributed by atoms with E-state index in [-0.39, 0.29) is 11.9 Å². The first kappa shape index (κ1) is 9.66. The predicted molar refractivity (Wildman–Crippen MR) is 69.9 cm³/mol. The lowest BCUT2D eigenvalue weighted by molar-refractivity contribution is 0.0822. The molecule has 2 aliphatic rings. The van der Waals surface area contributed by atoms with Gasteiger partial charge in [0.25, 0.3) is 5.91 Å². The number of rotatable bonds is 0. The SMILES string of the molecule is O=C1c2ccccc2C2c3ccccc3C=CN12. The first-order chi connectivity index (χ1) is 8.86. The van der Waals surface area contributed by atoms with Gasteiger partial charge in [0, 0.05) is 11.8 Å². The Bertz CT molecular complexity index is 676. The number of hydrogen-bond donors (Lipinski definition) is 0. The van der Waals surface area contributed by atoms with Gasteiger partial charge in [0.15, 0.2) is 0 Å². The second-order valence-electron chi connectivity index (χ2n) is 4.65. The number of hydrogen-bond acceptors (Lipinski definition) is 1. The number of nitrogens with zero attached hydrogens (tertiary/aromatic N) is 1. The molecule has 2 nitrogen and oxygen atoms in total. The third-order valence-corrected chi connectivity index (χ3v) is 3.70. The highest BCUT2D eigenvalue weighted by Gasteiger charge is 2.38. The van der Waals surface area contributed by atoms with Crippen LogP contribution in [0.3, 0.4) is 0 Å². The monoisotopic (exact) mass is 233 g/mol. The maximum absolute atomic E-state index is 12.3. The fraction of sp³-hybridized carbons (Fsp3) is 0.0625. The van der Waals surface area contributed by atoms with Crippen molar-refractivity contribution < 1.29 is 4.79 Å². The van der Waals surface area contributed by atoms with Crippen molar-refractivity contribution >= 4 is 12.0 Å². The lowest BCUT2D eigenvalue weighted by atomic mass is 9.92.